The van der Waals surface area contributed by atoms with E-state index < -0.39 is 0 Å². The Morgan fingerprint density at radius 1 is 1.31 bits per heavy atom. The smallest absolute Gasteiger partial charge is 0.150 e. The fourth-order valence-electron chi connectivity index (χ4n) is 1.81. The van der Waals surface area contributed by atoms with Crippen molar-refractivity contribution >= 4 is 43.3 Å². The summed E-state index contributed by atoms with van der Waals surface area (Å²) in [5, 5.41) is 0. The standard InChI is InChI=1S/C10H10BrN3OS/c11-8-5-7-9(16-8)10(13-6-12-7)14-1-3-15-4-2-14/h5-6H,1-4H2. The van der Waals surface area contributed by atoms with E-state index in [1.807, 2.05) is 6.07 Å². The van der Waals surface area contributed by atoms with Gasteiger partial charge in [0.15, 0.2) is 0 Å². The predicted molar refractivity (Wildman–Crippen MR) is 68.1 cm³/mol. The van der Waals surface area contributed by atoms with Crippen LogP contribution in [-0.2, 0) is 4.74 Å². The highest BCUT2D eigenvalue weighted by Crippen LogP contribution is 2.34. The van der Waals surface area contributed by atoms with Crippen LogP contribution >= 0.6 is 27.3 Å². The van der Waals surface area contributed by atoms with Crippen molar-refractivity contribution in [3.63, 3.8) is 0 Å². The van der Waals surface area contributed by atoms with E-state index in [-0.39, 0.29) is 0 Å². The third kappa shape index (κ3) is 1.81. The van der Waals surface area contributed by atoms with Crippen LogP contribution in [0, 0.1) is 0 Å². The van der Waals surface area contributed by atoms with Crippen LogP contribution in [0.1, 0.15) is 0 Å². The molecule has 0 amide bonds. The molecule has 1 aliphatic rings. The third-order valence-electron chi connectivity index (χ3n) is 2.57. The van der Waals surface area contributed by atoms with Crippen molar-refractivity contribution in [2.24, 2.45) is 0 Å². The van der Waals surface area contributed by atoms with Crippen LogP contribution in [0.25, 0.3) is 10.2 Å². The monoisotopic (exact) mass is 299 g/mol. The minimum Gasteiger partial charge on any atom is -0.378 e. The molecule has 2 aromatic heterocycles. The molecule has 0 aromatic carbocycles. The molecule has 0 aliphatic carbocycles. The summed E-state index contributed by atoms with van der Waals surface area (Å²) in [7, 11) is 0. The largest absolute Gasteiger partial charge is 0.378 e. The molecule has 0 unspecified atom stereocenters. The van der Waals surface area contributed by atoms with Gasteiger partial charge in [-0.2, -0.15) is 0 Å². The topological polar surface area (TPSA) is 38.2 Å². The zero-order valence-corrected chi connectivity index (χ0v) is 10.9. The Morgan fingerprint density at radius 2 is 2.12 bits per heavy atom. The number of rotatable bonds is 1. The van der Waals surface area contributed by atoms with E-state index in [0.717, 1.165) is 46.1 Å². The van der Waals surface area contributed by atoms with Gasteiger partial charge in [0.1, 0.15) is 12.1 Å². The summed E-state index contributed by atoms with van der Waals surface area (Å²) in [5.41, 5.74) is 1.01. The summed E-state index contributed by atoms with van der Waals surface area (Å²) in [6.07, 6.45) is 1.63. The molecule has 0 spiro atoms. The molecule has 1 aliphatic heterocycles. The highest BCUT2D eigenvalue weighted by Gasteiger charge is 2.16. The number of thiophene rings is 1. The molecule has 0 atom stereocenters. The van der Waals surface area contributed by atoms with Gasteiger partial charge in [-0.3, -0.25) is 0 Å². The average molecular weight is 300 g/mol. The Balaban J connectivity index is 2.07. The molecular formula is C10H10BrN3OS. The molecular weight excluding hydrogens is 290 g/mol. The first-order valence-electron chi connectivity index (χ1n) is 5.07. The predicted octanol–water partition coefficient (Wildman–Crippen LogP) is 2.29. The number of hydrogen-bond acceptors (Lipinski definition) is 5. The number of aromatic nitrogens is 2. The van der Waals surface area contributed by atoms with Crippen molar-refractivity contribution in [1.82, 2.24) is 9.97 Å². The number of anilines is 1. The number of fused-ring (bicyclic) bond motifs is 1. The molecule has 1 fully saturated rings. The van der Waals surface area contributed by atoms with Gasteiger partial charge < -0.3 is 9.64 Å². The first kappa shape index (κ1) is 10.4. The highest BCUT2D eigenvalue weighted by atomic mass is 79.9. The fourth-order valence-corrected chi connectivity index (χ4v) is 3.37. The highest BCUT2D eigenvalue weighted by molar-refractivity contribution is 9.11. The molecule has 3 heterocycles. The second-order valence-corrected chi connectivity index (χ2v) is 5.99. The van der Waals surface area contributed by atoms with Gasteiger partial charge in [-0.1, -0.05) is 0 Å². The Labute approximate surface area is 105 Å². The molecule has 16 heavy (non-hydrogen) atoms. The van der Waals surface area contributed by atoms with E-state index in [0.29, 0.717) is 0 Å². The first-order chi connectivity index (χ1) is 7.84. The fraction of sp³-hybridized carbons (Fsp3) is 0.400. The summed E-state index contributed by atoms with van der Waals surface area (Å²) in [6.45, 7) is 3.36. The van der Waals surface area contributed by atoms with E-state index >= 15 is 0 Å². The Kier molecular flexibility index (Phi) is 2.79. The summed E-state index contributed by atoms with van der Waals surface area (Å²) in [6, 6.07) is 2.03. The molecule has 0 saturated carbocycles. The van der Waals surface area contributed by atoms with Crippen molar-refractivity contribution in [2.75, 3.05) is 31.2 Å². The molecule has 2 aromatic rings. The van der Waals surface area contributed by atoms with Crippen LogP contribution in [0.5, 0.6) is 0 Å². The van der Waals surface area contributed by atoms with Gasteiger partial charge in [0.25, 0.3) is 0 Å². The van der Waals surface area contributed by atoms with Gasteiger partial charge in [0.2, 0.25) is 0 Å². The van der Waals surface area contributed by atoms with E-state index in [2.05, 4.69) is 30.8 Å². The maximum absolute atomic E-state index is 5.35. The van der Waals surface area contributed by atoms with Gasteiger partial charge in [-0.25, -0.2) is 9.97 Å². The van der Waals surface area contributed by atoms with Crippen LogP contribution in [0.4, 0.5) is 5.82 Å². The molecule has 0 bridgehead atoms. The number of morpholine rings is 1. The molecule has 4 nitrogen and oxygen atoms in total. The van der Waals surface area contributed by atoms with Gasteiger partial charge in [0, 0.05) is 13.1 Å². The normalized spacial score (nSPS) is 16.9. The summed E-state index contributed by atoms with van der Waals surface area (Å²) in [5.74, 6) is 1.03. The van der Waals surface area contributed by atoms with Crippen LogP contribution in [0.15, 0.2) is 16.2 Å². The van der Waals surface area contributed by atoms with Crippen LogP contribution in [0.3, 0.4) is 0 Å². The second kappa shape index (κ2) is 4.27. The maximum Gasteiger partial charge on any atom is 0.150 e. The van der Waals surface area contributed by atoms with Gasteiger partial charge in [0.05, 0.1) is 27.2 Å². The Bertz CT molecular complexity index is 510. The molecule has 0 radical (unpaired) electrons. The lowest BCUT2D eigenvalue weighted by atomic mass is 10.3. The van der Waals surface area contributed by atoms with E-state index in [9.17, 15) is 0 Å². The summed E-state index contributed by atoms with van der Waals surface area (Å²) < 4.78 is 7.59. The second-order valence-electron chi connectivity index (χ2n) is 3.56. The Morgan fingerprint density at radius 3 is 2.94 bits per heavy atom. The number of nitrogens with zero attached hydrogens (tertiary/aromatic N) is 3. The zero-order chi connectivity index (χ0) is 11.0. The molecule has 3 rings (SSSR count). The van der Waals surface area contributed by atoms with Crippen LogP contribution in [0.2, 0.25) is 0 Å². The molecule has 84 valence electrons. The number of halogens is 1. The third-order valence-corrected chi connectivity index (χ3v) is 4.20. The van der Waals surface area contributed by atoms with E-state index in [1.54, 1.807) is 17.7 Å². The van der Waals surface area contributed by atoms with E-state index in [1.165, 1.54) is 0 Å². The zero-order valence-electron chi connectivity index (χ0n) is 8.52. The SMILES string of the molecule is Brc1cc2ncnc(N3CCOCC3)c2s1. The molecule has 1 saturated heterocycles. The van der Waals surface area contributed by atoms with Gasteiger partial charge in [-0.15, -0.1) is 11.3 Å². The van der Waals surface area contributed by atoms with Crippen molar-refractivity contribution in [2.45, 2.75) is 0 Å². The molecule has 0 N–H and O–H groups in total. The van der Waals surface area contributed by atoms with Crippen LogP contribution < -0.4 is 4.90 Å². The molecule has 6 heteroatoms. The van der Waals surface area contributed by atoms with Crippen molar-refractivity contribution < 1.29 is 4.74 Å². The minimum atomic E-state index is 0.776. The number of ether oxygens (including phenoxy) is 1. The Hall–Kier alpha value is -0.720. The lowest BCUT2D eigenvalue weighted by Crippen LogP contribution is -2.36. The lowest BCUT2D eigenvalue weighted by Gasteiger charge is -2.27. The quantitative estimate of drug-likeness (QED) is 0.810. The lowest BCUT2D eigenvalue weighted by molar-refractivity contribution is 0.122. The first-order valence-corrected chi connectivity index (χ1v) is 6.68. The van der Waals surface area contributed by atoms with Gasteiger partial charge in [-0.05, 0) is 22.0 Å². The van der Waals surface area contributed by atoms with Gasteiger partial charge >= 0.3 is 0 Å². The van der Waals surface area contributed by atoms with Crippen molar-refractivity contribution in [3.8, 4) is 0 Å². The van der Waals surface area contributed by atoms with Crippen LogP contribution in [-0.4, -0.2) is 36.3 Å². The average Bonchev–Trinajstić information content (AvgIpc) is 2.70. The van der Waals surface area contributed by atoms with E-state index in [4.69, 9.17) is 4.74 Å². The number of hydrogen-bond donors (Lipinski definition) is 0. The summed E-state index contributed by atoms with van der Waals surface area (Å²) >= 11 is 5.17. The summed E-state index contributed by atoms with van der Waals surface area (Å²) in [4.78, 5) is 10.9. The van der Waals surface area contributed by atoms with Crippen molar-refractivity contribution in [3.05, 3.63) is 16.2 Å². The van der Waals surface area contributed by atoms with Crippen molar-refractivity contribution in [1.29, 1.82) is 0 Å². The minimum absolute atomic E-state index is 0.776. The maximum atomic E-state index is 5.35.